The van der Waals surface area contributed by atoms with E-state index in [1.54, 1.807) is 12.1 Å². The van der Waals surface area contributed by atoms with Crippen molar-refractivity contribution in [2.24, 2.45) is 0 Å². The zero-order chi connectivity index (χ0) is 14.9. The molecule has 106 valence electrons. The molecule has 0 aliphatic rings. The van der Waals surface area contributed by atoms with Crippen LogP contribution in [0.15, 0.2) is 39.3 Å². The standard InChI is InChI=1S/C14H9Br3ClFO/c1-20-13-6-12(19)11(16)5-9(13)14(17)8-4-7(18)2-3-10(8)15/h2-6,14H,1H3. The molecule has 0 saturated carbocycles. The van der Waals surface area contributed by atoms with Crippen molar-refractivity contribution in [3.63, 3.8) is 0 Å². The maximum absolute atomic E-state index is 13.6. The van der Waals surface area contributed by atoms with Crippen molar-refractivity contribution in [2.45, 2.75) is 4.83 Å². The van der Waals surface area contributed by atoms with Crippen LogP contribution in [0.2, 0.25) is 5.02 Å². The molecule has 1 nitrogen and oxygen atoms in total. The first-order valence-corrected chi connectivity index (χ1v) is 8.44. The molecule has 0 aliphatic carbocycles. The average molecular weight is 487 g/mol. The van der Waals surface area contributed by atoms with Gasteiger partial charge in [-0.25, -0.2) is 4.39 Å². The molecule has 0 radical (unpaired) electrons. The van der Waals surface area contributed by atoms with Gasteiger partial charge in [0.05, 0.1) is 16.4 Å². The minimum atomic E-state index is -0.365. The number of hydrogen-bond acceptors (Lipinski definition) is 1. The molecule has 6 heteroatoms. The number of alkyl halides is 1. The predicted octanol–water partition coefficient (Wildman–Crippen LogP) is 6.50. The average Bonchev–Trinajstić information content (AvgIpc) is 2.43. The lowest BCUT2D eigenvalue weighted by Gasteiger charge is -2.17. The van der Waals surface area contributed by atoms with E-state index in [0.717, 1.165) is 15.6 Å². The highest BCUT2D eigenvalue weighted by Gasteiger charge is 2.20. The smallest absolute Gasteiger partial charge is 0.141 e. The number of methoxy groups -OCH3 is 1. The highest BCUT2D eigenvalue weighted by atomic mass is 79.9. The highest BCUT2D eigenvalue weighted by Crippen LogP contribution is 2.42. The van der Waals surface area contributed by atoms with Crippen LogP contribution in [0.1, 0.15) is 16.0 Å². The van der Waals surface area contributed by atoms with Crippen molar-refractivity contribution >= 4 is 59.4 Å². The fourth-order valence-electron chi connectivity index (χ4n) is 1.80. The first-order chi connectivity index (χ1) is 9.43. The zero-order valence-corrected chi connectivity index (χ0v) is 15.8. The van der Waals surface area contributed by atoms with Crippen LogP contribution in [0.25, 0.3) is 0 Å². The van der Waals surface area contributed by atoms with Gasteiger partial charge in [-0.1, -0.05) is 43.5 Å². The van der Waals surface area contributed by atoms with Crippen LogP contribution in [0.3, 0.4) is 0 Å². The molecule has 0 aromatic heterocycles. The molecule has 1 atom stereocenters. The third-order valence-electron chi connectivity index (χ3n) is 2.78. The second-order valence-electron chi connectivity index (χ2n) is 4.04. The number of benzene rings is 2. The topological polar surface area (TPSA) is 9.23 Å². The maximum atomic E-state index is 13.6. The van der Waals surface area contributed by atoms with E-state index < -0.39 is 0 Å². The fraction of sp³-hybridized carbons (Fsp3) is 0.143. The van der Waals surface area contributed by atoms with Gasteiger partial charge in [0, 0.05) is 21.1 Å². The van der Waals surface area contributed by atoms with Crippen LogP contribution < -0.4 is 4.74 Å². The molecule has 2 rings (SSSR count). The second kappa shape index (κ2) is 6.77. The third kappa shape index (κ3) is 3.38. The lowest BCUT2D eigenvalue weighted by Crippen LogP contribution is -1.99. The molecular weight excluding hydrogens is 478 g/mol. The molecule has 0 spiro atoms. The first kappa shape index (κ1) is 16.3. The van der Waals surface area contributed by atoms with Gasteiger partial charge in [-0.2, -0.15) is 0 Å². The van der Waals surface area contributed by atoms with Gasteiger partial charge in [-0.15, -0.1) is 0 Å². The molecule has 2 aromatic carbocycles. The molecule has 1 unspecified atom stereocenters. The Morgan fingerprint density at radius 3 is 2.45 bits per heavy atom. The minimum absolute atomic E-state index is 0.178. The summed E-state index contributed by atoms with van der Waals surface area (Å²) in [5, 5.41) is 0.632. The van der Waals surface area contributed by atoms with E-state index >= 15 is 0 Å². The lowest BCUT2D eigenvalue weighted by atomic mass is 10.0. The SMILES string of the molecule is COc1cc(F)c(Br)cc1C(Br)c1cc(Cl)ccc1Br. The summed E-state index contributed by atoms with van der Waals surface area (Å²) in [6.45, 7) is 0. The van der Waals surface area contributed by atoms with Crippen LogP contribution >= 0.6 is 59.4 Å². The van der Waals surface area contributed by atoms with Crippen molar-refractivity contribution in [2.75, 3.05) is 7.11 Å². The van der Waals surface area contributed by atoms with Crippen molar-refractivity contribution in [1.29, 1.82) is 0 Å². The molecule has 20 heavy (non-hydrogen) atoms. The summed E-state index contributed by atoms with van der Waals surface area (Å²) in [7, 11) is 1.51. The summed E-state index contributed by atoms with van der Waals surface area (Å²) >= 11 is 16.3. The minimum Gasteiger partial charge on any atom is -0.496 e. The van der Waals surface area contributed by atoms with Crippen LogP contribution in [0.4, 0.5) is 4.39 Å². The Morgan fingerprint density at radius 1 is 1.10 bits per heavy atom. The van der Waals surface area contributed by atoms with Gasteiger partial charge in [-0.05, 0) is 45.8 Å². The molecule has 0 heterocycles. The van der Waals surface area contributed by atoms with Gasteiger partial charge in [-0.3, -0.25) is 0 Å². The van der Waals surface area contributed by atoms with Gasteiger partial charge in [0.25, 0.3) is 0 Å². The molecular formula is C14H9Br3ClFO. The van der Waals surface area contributed by atoms with E-state index in [1.165, 1.54) is 13.2 Å². The maximum Gasteiger partial charge on any atom is 0.141 e. The van der Waals surface area contributed by atoms with Crippen LogP contribution in [0.5, 0.6) is 5.75 Å². The molecule has 2 aromatic rings. The zero-order valence-electron chi connectivity index (χ0n) is 10.3. The van der Waals surface area contributed by atoms with Gasteiger partial charge >= 0.3 is 0 Å². The Bertz CT molecular complexity index is 649. The second-order valence-corrected chi connectivity index (χ2v) is 7.10. The summed E-state index contributed by atoms with van der Waals surface area (Å²) < 4.78 is 20.1. The molecule has 0 fully saturated rings. The summed E-state index contributed by atoms with van der Waals surface area (Å²) in [5.41, 5.74) is 1.75. The molecule has 0 bridgehead atoms. The fourth-order valence-corrected chi connectivity index (χ4v) is 3.86. The van der Waals surface area contributed by atoms with Crippen molar-refractivity contribution in [1.82, 2.24) is 0 Å². The molecule has 0 amide bonds. The Balaban J connectivity index is 2.55. The van der Waals surface area contributed by atoms with E-state index in [4.69, 9.17) is 16.3 Å². The summed E-state index contributed by atoms with van der Waals surface area (Å²) in [6.07, 6.45) is 0. The largest absolute Gasteiger partial charge is 0.496 e. The van der Waals surface area contributed by atoms with E-state index in [0.29, 0.717) is 15.2 Å². The van der Waals surface area contributed by atoms with Crippen molar-refractivity contribution in [3.8, 4) is 5.75 Å². The lowest BCUT2D eigenvalue weighted by molar-refractivity contribution is 0.406. The van der Waals surface area contributed by atoms with Crippen LogP contribution in [-0.2, 0) is 0 Å². The number of ether oxygens (including phenoxy) is 1. The van der Waals surface area contributed by atoms with Crippen molar-refractivity contribution in [3.05, 3.63) is 61.2 Å². The first-order valence-electron chi connectivity index (χ1n) is 5.56. The molecule has 0 N–H and O–H groups in total. The number of hydrogen-bond donors (Lipinski definition) is 0. The van der Waals surface area contributed by atoms with Crippen molar-refractivity contribution < 1.29 is 9.13 Å². The Kier molecular flexibility index (Phi) is 5.51. The highest BCUT2D eigenvalue weighted by molar-refractivity contribution is 9.11. The predicted molar refractivity (Wildman–Crippen MR) is 90.6 cm³/mol. The monoisotopic (exact) mass is 484 g/mol. The third-order valence-corrected chi connectivity index (χ3v) is 5.33. The Morgan fingerprint density at radius 2 is 1.80 bits per heavy atom. The molecule has 0 saturated heterocycles. The Labute approximate surface area is 146 Å². The van der Waals surface area contributed by atoms with E-state index in [1.807, 2.05) is 12.1 Å². The summed E-state index contributed by atoms with van der Waals surface area (Å²) in [5.74, 6) is 0.106. The van der Waals surface area contributed by atoms with Gasteiger partial charge in [0.1, 0.15) is 11.6 Å². The van der Waals surface area contributed by atoms with Gasteiger partial charge in [0.15, 0.2) is 0 Å². The normalized spacial score (nSPS) is 12.3. The quantitative estimate of drug-likeness (QED) is 0.450. The van der Waals surface area contributed by atoms with Gasteiger partial charge < -0.3 is 4.74 Å². The number of halogens is 5. The van der Waals surface area contributed by atoms with Crippen LogP contribution in [-0.4, -0.2) is 7.11 Å². The van der Waals surface area contributed by atoms with E-state index in [-0.39, 0.29) is 10.6 Å². The summed E-state index contributed by atoms with van der Waals surface area (Å²) in [6, 6.07) is 8.57. The summed E-state index contributed by atoms with van der Waals surface area (Å²) in [4.78, 5) is -0.178. The number of rotatable bonds is 3. The molecule has 0 aliphatic heterocycles. The van der Waals surface area contributed by atoms with Gasteiger partial charge in [0.2, 0.25) is 0 Å². The Hall–Kier alpha value is -0.100. The van der Waals surface area contributed by atoms with E-state index in [2.05, 4.69) is 47.8 Å². The van der Waals surface area contributed by atoms with Crippen LogP contribution in [0, 0.1) is 5.82 Å². The van der Waals surface area contributed by atoms with E-state index in [9.17, 15) is 4.39 Å².